The predicted octanol–water partition coefficient (Wildman–Crippen LogP) is 0.851. The number of nitrogens with zero attached hydrogens (tertiary/aromatic N) is 2. The molecule has 5 N–H and O–H groups in total. The number of benzene rings is 1. The molecule has 0 aromatic heterocycles. The molecule has 0 spiro atoms. The molecule has 3 rings (SSSR count). The van der Waals surface area contributed by atoms with Gasteiger partial charge >= 0.3 is 12.0 Å². The molecule has 4 atom stereocenters. The highest BCUT2D eigenvalue weighted by atomic mass is 32.2. The number of likely N-dealkylation sites (tertiary alicyclic amines) is 1. The van der Waals surface area contributed by atoms with Gasteiger partial charge in [0.25, 0.3) is 21.9 Å². The van der Waals surface area contributed by atoms with Gasteiger partial charge in [-0.25, -0.2) is 4.79 Å². The van der Waals surface area contributed by atoms with E-state index in [9.17, 15) is 46.8 Å². The number of carbonyl (C=O) groups excluding carboxylic acids is 8. The second-order valence-corrected chi connectivity index (χ2v) is 17.1. The van der Waals surface area contributed by atoms with Crippen LogP contribution in [-0.2, 0) is 66.2 Å². The van der Waals surface area contributed by atoms with Crippen LogP contribution in [0.5, 0.6) is 0 Å². The van der Waals surface area contributed by atoms with Gasteiger partial charge in [0.2, 0.25) is 11.8 Å². The number of nitrogens with two attached hydrogens (primary N) is 1. The van der Waals surface area contributed by atoms with E-state index in [1.54, 1.807) is 58.9 Å². The highest BCUT2D eigenvalue weighted by molar-refractivity contribution is 7.85. The van der Waals surface area contributed by atoms with Crippen LogP contribution in [0.2, 0.25) is 0 Å². The number of nitrogens with one attached hydrogen (secondary N) is 2. The van der Waals surface area contributed by atoms with E-state index >= 15 is 0 Å². The van der Waals surface area contributed by atoms with Gasteiger partial charge in [-0.1, -0.05) is 38.1 Å². The number of urea groups is 1. The van der Waals surface area contributed by atoms with Gasteiger partial charge in [0.15, 0.2) is 11.6 Å². The molecule has 1 aromatic carbocycles. The Kier molecular flexibility index (Phi) is 16.6. The number of hydrogen-bond acceptors (Lipinski definition) is 12. The van der Waals surface area contributed by atoms with Crippen molar-refractivity contribution in [1.82, 2.24) is 20.4 Å². The zero-order chi connectivity index (χ0) is 42.7. The molecule has 1 aromatic rings. The van der Waals surface area contributed by atoms with Crippen LogP contribution in [0.15, 0.2) is 36.4 Å². The summed E-state index contributed by atoms with van der Waals surface area (Å²) >= 11 is 0. The molecule has 2 aliphatic rings. The van der Waals surface area contributed by atoms with Crippen LogP contribution in [0.25, 0.3) is 0 Å². The molecule has 19 heteroatoms. The molecule has 0 aliphatic carbocycles. The Bertz CT molecular complexity index is 1800. The van der Waals surface area contributed by atoms with Crippen LogP contribution in [0, 0.1) is 17.3 Å². The molecule has 1 saturated heterocycles. The van der Waals surface area contributed by atoms with Gasteiger partial charge in [-0.15, -0.1) is 0 Å². The lowest BCUT2D eigenvalue weighted by Crippen LogP contribution is -2.48. The van der Waals surface area contributed by atoms with Gasteiger partial charge in [0.05, 0.1) is 43.0 Å². The number of imide groups is 1. The first-order valence-electron chi connectivity index (χ1n) is 18.6. The van der Waals surface area contributed by atoms with Crippen LogP contribution in [0.4, 0.5) is 4.79 Å². The molecule has 0 bridgehead atoms. The number of esters is 1. The van der Waals surface area contributed by atoms with Crippen LogP contribution in [0.1, 0.15) is 71.4 Å². The fourth-order valence-corrected chi connectivity index (χ4v) is 6.55. The number of Topliss-reactive ketones (excluding diaryl/α,β-unsaturated/α-hetero) is 2. The molecule has 18 nitrogen and oxygen atoms in total. The number of ether oxygens (including phenoxy) is 2. The fraction of sp³-hybridized carbons (Fsp3) is 0.579. The quantitative estimate of drug-likeness (QED) is 0.0548. The summed E-state index contributed by atoms with van der Waals surface area (Å²) in [5.74, 6) is -6.04. The topological polar surface area (TPSA) is 266 Å². The van der Waals surface area contributed by atoms with Gasteiger partial charge in [0.1, 0.15) is 12.6 Å². The first-order chi connectivity index (χ1) is 26.6. The summed E-state index contributed by atoms with van der Waals surface area (Å²) in [4.78, 5) is 105. The van der Waals surface area contributed by atoms with Crippen molar-refractivity contribution in [2.24, 2.45) is 23.0 Å². The zero-order valence-electron chi connectivity index (χ0n) is 32.9. The maximum atomic E-state index is 13.8. The maximum absolute atomic E-state index is 13.8. The molecular weight excluding hydrogens is 767 g/mol. The lowest BCUT2D eigenvalue weighted by Gasteiger charge is -2.27. The highest BCUT2D eigenvalue weighted by Gasteiger charge is 2.47. The van der Waals surface area contributed by atoms with Crippen LogP contribution in [0.3, 0.4) is 0 Å². The molecule has 2 aliphatic heterocycles. The first-order valence-corrected chi connectivity index (χ1v) is 20.2. The molecular formula is C38H53N5O13S. The van der Waals surface area contributed by atoms with E-state index in [0.717, 1.165) is 22.0 Å². The Morgan fingerprint density at radius 3 is 2.18 bits per heavy atom. The van der Waals surface area contributed by atoms with Gasteiger partial charge in [-0.05, 0) is 50.7 Å². The van der Waals surface area contributed by atoms with Crippen molar-refractivity contribution in [3.63, 3.8) is 0 Å². The van der Waals surface area contributed by atoms with Gasteiger partial charge < -0.3 is 30.7 Å². The van der Waals surface area contributed by atoms with Crippen LogP contribution in [-0.4, -0.2) is 120 Å². The standard InChI is InChI=1S/C38H53N5O13S/c1-23(2)28(19-27(44)20-42-26(22-55-15-16-57(52,53)54)18-30(35(42)49)43-32(46)12-13-33(43)47)34(48)41-29(7-6-14-40-37(39)51)31(45)17-24-8-10-25(11-9-24)21-56-36(50)38(3,4)5/h8-13,23,26,28-30H,6-7,14-22H2,1-5H3,(H,41,48)(H3,39,40,51)(H,52,53,54)/t26-,28-,29-,30+/m0/s1. The monoisotopic (exact) mass is 819 g/mol. The van der Waals surface area contributed by atoms with E-state index in [2.05, 4.69) is 10.6 Å². The maximum Gasteiger partial charge on any atom is 0.312 e. The zero-order valence-corrected chi connectivity index (χ0v) is 33.7. The Morgan fingerprint density at radius 1 is 1.00 bits per heavy atom. The van der Waals surface area contributed by atoms with Crippen molar-refractivity contribution in [3.05, 3.63) is 47.5 Å². The third-order valence-electron chi connectivity index (χ3n) is 9.45. The second kappa shape index (κ2) is 20.4. The second-order valence-electron chi connectivity index (χ2n) is 15.5. The number of carbonyl (C=O) groups is 8. The number of rotatable bonds is 22. The molecule has 2 heterocycles. The fourth-order valence-electron chi connectivity index (χ4n) is 6.22. The van der Waals surface area contributed by atoms with E-state index in [1.807, 2.05) is 0 Å². The Hall–Kier alpha value is -5.01. The largest absolute Gasteiger partial charge is 0.460 e. The number of amides is 6. The van der Waals surface area contributed by atoms with Gasteiger partial charge in [0, 0.05) is 43.9 Å². The molecule has 0 saturated carbocycles. The Labute approximate surface area is 332 Å². The lowest BCUT2D eigenvalue weighted by atomic mass is 9.88. The van der Waals surface area contributed by atoms with E-state index in [0.29, 0.717) is 11.1 Å². The first kappa shape index (κ1) is 46.4. The Balaban J connectivity index is 1.72. The average Bonchev–Trinajstić information content (AvgIpc) is 3.60. The van der Waals surface area contributed by atoms with Gasteiger partial charge in [-0.3, -0.25) is 43.0 Å². The summed E-state index contributed by atoms with van der Waals surface area (Å²) in [7, 11) is -4.34. The summed E-state index contributed by atoms with van der Waals surface area (Å²) in [6, 6.07) is 3.02. The third kappa shape index (κ3) is 14.5. The summed E-state index contributed by atoms with van der Waals surface area (Å²) < 4.78 is 42.1. The minimum absolute atomic E-state index is 0.0540. The minimum atomic E-state index is -4.34. The third-order valence-corrected chi connectivity index (χ3v) is 10.1. The van der Waals surface area contributed by atoms with Gasteiger partial charge in [-0.2, -0.15) is 8.42 Å². The van der Waals surface area contributed by atoms with E-state index in [1.165, 1.54) is 0 Å². The van der Waals surface area contributed by atoms with Crippen molar-refractivity contribution in [2.45, 2.75) is 91.5 Å². The lowest BCUT2D eigenvalue weighted by molar-refractivity contribution is -0.154. The molecule has 314 valence electrons. The van der Waals surface area contributed by atoms with Crippen molar-refractivity contribution < 1.29 is 60.8 Å². The summed E-state index contributed by atoms with van der Waals surface area (Å²) in [5.41, 5.74) is 5.86. The SMILES string of the molecule is CC(C)[C@H](CC(=O)CN1C(=O)[C@H](N2C(=O)C=CC2=O)C[C@H]1COCCS(=O)(=O)O)C(=O)N[C@@H](CCCNC(N)=O)C(=O)Cc1ccc(COC(=O)C(C)(C)C)cc1. The van der Waals surface area contributed by atoms with Crippen molar-refractivity contribution >= 4 is 57.3 Å². The molecule has 0 unspecified atom stereocenters. The van der Waals surface area contributed by atoms with Crippen molar-refractivity contribution in [1.29, 1.82) is 0 Å². The summed E-state index contributed by atoms with van der Waals surface area (Å²) in [5, 5.41) is 5.23. The van der Waals surface area contributed by atoms with Crippen LogP contribution < -0.4 is 16.4 Å². The number of primary amides is 1. The Morgan fingerprint density at radius 2 is 1.61 bits per heavy atom. The van der Waals surface area contributed by atoms with Crippen molar-refractivity contribution in [2.75, 3.05) is 32.1 Å². The van der Waals surface area contributed by atoms with E-state index < -0.39 is 99.8 Å². The van der Waals surface area contributed by atoms with Crippen molar-refractivity contribution in [3.8, 4) is 0 Å². The number of hydrogen-bond donors (Lipinski definition) is 4. The summed E-state index contributed by atoms with van der Waals surface area (Å²) in [6.45, 7) is 7.64. The molecule has 1 fully saturated rings. The van der Waals surface area contributed by atoms with E-state index in [-0.39, 0.29) is 63.6 Å². The average molecular weight is 820 g/mol. The number of ketones is 2. The molecule has 6 amide bonds. The smallest absolute Gasteiger partial charge is 0.312 e. The minimum Gasteiger partial charge on any atom is -0.460 e. The van der Waals surface area contributed by atoms with Crippen LogP contribution >= 0.6 is 0 Å². The summed E-state index contributed by atoms with van der Waals surface area (Å²) in [6.07, 6.45) is 1.94. The molecule has 57 heavy (non-hydrogen) atoms. The predicted molar refractivity (Wildman–Crippen MR) is 203 cm³/mol. The molecule has 0 radical (unpaired) electrons. The normalized spacial score (nSPS) is 18.2. The highest BCUT2D eigenvalue weighted by Crippen LogP contribution is 2.27. The van der Waals surface area contributed by atoms with E-state index in [4.69, 9.17) is 19.8 Å².